The highest BCUT2D eigenvalue weighted by Gasteiger charge is 2.31. The molecule has 0 saturated carbocycles. The van der Waals surface area contributed by atoms with Crippen LogP contribution in [-0.2, 0) is 4.79 Å². The molecule has 0 bridgehead atoms. The van der Waals surface area contributed by atoms with Gasteiger partial charge in [0.25, 0.3) is 5.91 Å². The number of hydrogen-bond acceptors (Lipinski definition) is 6. The van der Waals surface area contributed by atoms with Crippen LogP contribution in [-0.4, -0.2) is 24.0 Å². The van der Waals surface area contributed by atoms with E-state index >= 15 is 0 Å². The number of aliphatic hydroxyl groups excluding tert-OH is 1. The van der Waals surface area contributed by atoms with Crippen LogP contribution in [0.2, 0.25) is 0 Å². The lowest BCUT2D eigenvalue weighted by atomic mass is 10.1. The number of aliphatic hydroxyl groups is 1. The zero-order valence-electron chi connectivity index (χ0n) is 17.4. The van der Waals surface area contributed by atoms with E-state index in [4.69, 9.17) is 4.74 Å². The van der Waals surface area contributed by atoms with E-state index in [1.807, 2.05) is 0 Å². The Bertz CT molecular complexity index is 1080. The van der Waals surface area contributed by atoms with Gasteiger partial charge in [-0.15, -0.1) is 13.2 Å². The van der Waals surface area contributed by atoms with Crippen molar-refractivity contribution in [1.82, 2.24) is 0 Å². The number of alkyl halides is 3. The smallest absolute Gasteiger partial charge is 0.493 e. The van der Waals surface area contributed by atoms with Crippen molar-refractivity contribution in [2.75, 3.05) is 16.6 Å². The summed E-state index contributed by atoms with van der Waals surface area (Å²) in [5.41, 5.74) is 1.28. The van der Waals surface area contributed by atoms with Crippen LogP contribution in [0.1, 0.15) is 18.6 Å². The third-order valence-corrected chi connectivity index (χ3v) is 5.12. The van der Waals surface area contributed by atoms with Crippen LogP contribution >= 0.6 is 11.9 Å². The number of carbonyl (C=O) groups excluding carboxylic acids is 1. The average Bonchev–Trinajstić information content (AvgIpc) is 2.78. The second kappa shape index (κ2) is 11.0. The van der Waals surface area contributed by atoms with Gasteiger partial charge in [-0.05, 0) is 48.7 Å². The number of ether oxygens (including phenoxy) is 2. The van der Waals surface area contributed by atoms with Crippen molar-refractivity contribution in [2.24, 2.45) is 0 Å². The van der Waals surface area contributed by atoms with Crippen molar-refractivity contribution in [3.05, 3.63) is 78.4 Å². The molecule has 3 N–H and O–H groups in total. The molecule has 1 atom stereocenters. The Labute approximate surface area is 192 Å². The maximum absolute atomic E-state index is 12.4. The summed E-state index contributed by atoms with van der Waals surface area (Å²) in [6.45, 7) is 2.15. The summed E-state index contributed by atoms with van der Waals surface area (Å²) in [5.74, 6) is -0.485. The fourth-order valence-electron chi connectivity index (χ4n) is 2.81. The van der Waals surface area contributed by atoms with E-state index in [9.17, 15) is 23.1 Å². The van der Waals surface area contributed by atoms with E-state index in [2.05, 4.69) is 14.8 Å². The molecule has 33 heavy (non-hydrogen) atoms. The SMILES string of the molecule is CCOc1cc(NC(=O)C(O)c2ccccc2)ccc1SNc1cccc(OC(F)(F)F)c1. The molecule has 0 aliphatic carbocycles. The summed E-state index contributed by atoms with van der Waals surface area (Å²) in [4.78, 5) is 13.0. The first-order chi connectivity index (χ1) is 15.7. The van der Waals surface area contributed by atoms with Crippen LogP contribution in [0.4, 0.5) is 24.5 Å². The van der Waals surface area contributed by atoms with Gasteiger partial charge in [0.05, 0.1) is 11.5 Å². The molecule has 0 aliphatic heterocycles. The molecule has 1 amide bonds. The third kappa shape index (κ3) is 7.33. The second-order valence-electron chi connectivity index (χ2n) is 6.68. The molecular weight excluding hydrogens is 457 g/mol. The number of rotatable bonds is 9. The van der Waals surface area contributed by atoms with Crippen molar-refractivity contribution in [1.29, 1.82) is 0 Å². The van der Waals surface area contributed by atoms with Gasteiger partial charge in [-0.2, -0.15) is 0 Å². The number of hydrogen-bond donors (Lipinski definition) is 3. The van der Waals surface area contributed by atoms with Gasteiger partial charge < -0.3 is 24.6 Å². The van der Waals surface area contributed by atoms with Gasteiger partial charge >= 0.3 is 6.36 Å². The summed E-state index contributed by atoms with van der Waals surface area (Å²) < 4.78 is 49.8. The van der Waals surface area contributed by atoms with Gasteiger partial charge in [0.1, 0.15) is 11.5 Å². The van der Waals surface area contributed by atoms with Gasteiger partial charge in [-0.1, -0.05) is 36.4 Å². The van der Waals surface area contributed by atoms with Gasteiger partial charge in [0.15, 0.2) is 6.10 Å². The number of benzene rings is 3. The van der Waals surface area contributed by atoms with E-state index in [1.54, 1.807) is 61.5 Å². The lowest BCUT2D eigenvalue weighted by molar-refractivity contribution is -0.274. The normalized spacial score (nSPS) is 12.0. The topological polar surface area (TPSA) is 79.8 Å². The molecule has 0 spiro atoms. The van der Waals surface area contributed by atoms with E-state index in [1.165, 1.54) is 18.2 Å². The monoisotopic (exact) mass is 478 g/mol. The minimum atomic E-state index is -4.78. The Kier molecular flexibility index (Phi) is 8.07. The molecule has 3 aromatic carbocycles. The van der Waals surface area contributed by atoms with Crippen molar-refractivity contribution >= 4 is 29.2 Å². The molecule has 6 nitrogen and oxygen atoms in total. The van der Waals surface area contributed by atoms with E-state index in [0.29, 0.717) is 34.2 Å². The first-order valence-electron chi connectivity index (χ1n) is 9.84. The van der Waals surface area contributed by atoms with Crippen LogP contribution in [0.5, 0.6) is 11.5 Å². The predicted molar refractivity (Wildman–Crippen MR) is 120 cm³/mol. The van der Waals surface area contributed by atoms with Crippen molar-refractivity contribution < 1.29 is 32.5 Å². The fraction of sp³-hybridized carbons (Fsp3) is 0.174. The molecule has 0 fully saturated rings. The van der Waals surface area contributed by atoms with Crippen LogP contribution in [0.15, 0.2) is 77.7 Å². The molecule has 0 heterocycles. The standard InChI is InChI=1S/C23H21F3N2O4S/c1-2-31-19-14-16(27-22(30)21(29)15-7-4-3-5-8-15)11-12-20(19)33-28-17-9-6-10-18(13-17)32-23(24,25)26/h3-14,21,28-29H,2H2,1H3,(H,27,30). The van der Waals surface area contributed by atoms with Crippen molar-refractivity contribution in [3.63, 3.8) is 0 Å². The summed E-state index contributed by atoms with van der Waals surface area (Å²) in [6.07, 6.45) is -6.11. The number of carbonyl (C=O) groups is 1. The summed E-state index contributed by atoms with van der Waals surface area (Å²) in [6, 6.07) is 18.9. The maximum Gasteiger partial charge on any atom is 0.573 e. The molecule has 0 radical (unpaired) electrons. The summed E-state index contributed by atoms with van der Waals surface area (Å²) >= 11 is 1.12. The fourth-order valence-corrected chi connectivity index (χ4v) is 3.52. The summed E-state index contributed by atoms with van der Waals surface area (Å²) in [7, 11) is 0. The maximum atomic E-state index is 12.4. The lowest BCUT2D eigenvalue weighted by Gasteiger charge is -2.15. The van der Waals surface area contributed by atoms with Crippen molar-refractivity contribution in [2.45, 2.75) is 24.3 Å². The predicted octanol–water partition coefficient (Wildman–Crippen LogP) is 5.78. The minimum absolute atomic E-state index is 0.340. The third-order valence-electron chi connectivity index (χ3n) is 4.22. The zero-order valence-corrected chi connectivity index (χ0v) is 18.2. The van der Waals surface area contributed by atoms with Crippen LogP contribution in [0.25, 0.3) is 0 Å². The Balaban J connectivity index is 1.69. The molecule has 0 aromatic heterocycles. The summed E-state index contributed by atoms with van der Waals surface area (Å²) in [5, 5.41) is 12.9. The number of halogens is 3. The molecule has 0 saturated heterocycles. The molecule has 174 valence electrons. The number of amides is 1. The Hall–Kier alpha value is -3.37. The Morgan fingerprint density at radius 1 is 1.03 bits per heavy atom. The number of anilines is 2. The van der Waals surface area contributed by atoms with E-state index < -0.39 is 18.4 Å². The Morgan fingerprint density at radius 3 is 2.48 bits per heavy atom. The van der Waals surface area contributed by atoms with E-state index in [-0.39, 0.29) is 5.75 Å². The van der Waals surface area contributed by atoms with Crippen LogP contribution < -0.4 is 19.5 Å². The van der Waals surface area contributed by atoms with Gasteiger partial charge in [-0.3, -0.25) is 4.79 Å². The largest absolute Gasteiger partial charge is 0.573 e. The highest BCUT2D eigenvalue weighted by molar-refractivity contribution is 8.00. The van der Waals surface area contributed by atoms with Crippen LogP contribution in [0, 0.1) is 0 Å². The first-order valence-corrected chi connectivity index (χ1v) is 10.7. The van der Waals surface area contributed by atoms with Crippen LogP contribution in [0.3, 0.4) is 0 Å². The molecule has 3 aromatic rings. The molecule has 3 rings (SSSR count). The van der Waals surface area contributed by atoms with Gasteiger partial charge in [0, 0.05) is 23.5 Å². The molecule has 0 aliphatic rings. The lowest BCUT2D eigenvalue weighted by Crippen LogP contribution is -2.20. The highest BCUT2D eigenvalue weighted by atomic mass is 32.2. The average molecular weight is 478 g/mol. The minimum Gasteiger partial charge on any atom is -0.493 e. The van der Waals surface area contributed by atoms with E-state index in [0.717, 1.165) is 11.9 Å². The Morgan fingerprint density at radius 2 is 1.79 bits per heavy atom. The second-order valence-corrected chi connectivity index (χ2v) is 7.52. The molecular formula is C23H21F3N2O4S. The molecule has 1 unspecified atom stereocenters. The van der Waals surface area contributed by atoms with Gasteiger partial charge in [-0.25, -0.2) is 0 Å². The molecule has 10 heteroatoms. The van der Waals surface area contributed by atoms with Gasteiger partial charge in [0.2, 0.25) is 0 Å². The first kappa shape index (κ1) is 24.3. The zero-order chi connectivity index (χ0) is 23.8. The quantitative estimate of drug-likeness (QED) is 0.339. The number of nitrogens with one attached hydrogen (secondary N) is 2. The van der Waals surface area contributed by atoms with Crippen molar-refractivity contribution in [3.8, 4) is 11.5 Å². The highest BCUT2D eigenvalue weighted by Crippen LogP contribution is 2.34.